The largest absolute Gasteiger partial charge is 0.471 e. The van der Waals surface area contributed by atoms with Crippen LogP contribution >= 0.6 is 0 Å². The van der Waals surface area contributed by atoms with E-state index in [1.807, 2.05) is 6.92 Å². The maximum absolute atomic E-state index is 10.7. The van der Waals surface area contributed by atoms with E-state index in [0.29, 0.717) is 18.8 Å². The van der Waals surface area contributed by atoms with Gasteiger partial charge in [0.05, 0.1) is 4.92 Å². The minimum absolute atomic E-state index is 0.0860. The summed E-state index contributed by atoms with van der Waals surface area (Å²) in [6.07, 6.45) is 0. The molecule has 6 heteroatoms. The number of nitrogens with one attached hydrogen (secondary N) is 1. The first-order chi connectivity index (χ1) is 7.65. The van der Waals surface area contributed by atoms with Crippen molar-refractivity contribution in [3.05, 3.63) is 27.9 Å². The van der Waals surface area contributed by atoms with E-state index in [4.69, 9.17) is 4.74 Å². The van der Waals surface area contributed by atoms with Crippen LogP contribution in [-0.4, -0.2) is 29.6 Å². The lowest BCUT2D eigenvalue weighted by molar-refractivity contribution is -0.386. The van der Waals surface area contributed by atoms with Gasteiger partial charge < -0.3 is 10.1 Å². The number of hydrogen-bond donors (Lipinski definition) is 1. The number of pyridine rings is 1. The Hall–Kier alpha value is -1.69. The second kappa shape index (κ2) is 6.02. The van der Waals surface area contributed by atoms with Gasteiger partial charge in [0.25, 0.3) is 5.88 Å². The topological polar surface area (TPSA) is 77.3 Å². The average molecular weight is 225 g/mol. The van der Waals surface area contributed by atoms with Crippen molar-refractivity contribution in [3.8, 4) is 5.88 Å². The third kappa shape index (κ3) is 3.47. The Balaban J connectivity index is 2.68. The van der Waals surface area contributed by atoms with Gasteiger partial charge in [-0.1, -0.05) is 6.92 Å². The molecule has 88 valence electrons. The molecule has 1 rings (SSSR count). The Morgan fingerprint density at radius 3 is 2.94 bits per heavy atom. The summed E-state index contributed by atoms with van der Waals surface area (Å²) >= 11 is 0. The SMILES string of the molecule is CCNCCOc1nc(C)ccc1[N+](=O)[O-]. The molecule has 0 aliphatic carbocycles. The van der Waals surface area contributed by atoms with Crippen molar-refractivity contribution in [2.75, 3.05) is 19.7 Å². The minimum atomic E-state index is -0.491. The van der Waals surface area contributed by atoms with Gasteiger partial charge in [0.1, 0.15) is 6.61 Å². The van der Waals surface area contributed by atoms with E-state index in [1.54, 1.807) is 13.0 Å². The Bertz CT molecular complexity index is 368. The Labute approximate surface area is 93.8 Å². The number of nitrogens with zero attached hydrogens (tertiary/aromatic N) is 2. The van der Waals surface area contributed by atoms with Gasteiger partial charge in [-0.15, -0.1) is 0 Å². The summed E-state index contributed by atoms with van der Waals surface area (Å²) in [7, 11) is 0. The van der Waals surface area contributed by atoms with E-state index in [1.165, 1.54) is 6.07 Å². The molecule has 0 radical (unpaired) electrons. The van der Waals surface area contributed by atoms with Crippen molar-refractivity contribution in [3.63, 3.8) is 0 Å². The van der Waals surface area contributed by atoms with Crippen LogP contribution in [0.15, 0.2) is 12.1 Å². The van der Waals surface area contributed by atoms with Crippen molar-refractivity contribution < 1.29 is 9.66 Å². The Morgan fingerprint density at radius 1 is 1.56 bits per heavy atom. The molecular formula is C10H15N3O3. The van der Waals surface area contributed by atoms with Crippen LogP contribution in [0.25, 0.3) is 0 Å². The second-order valence-corrected chi connectivity index (χ2v) is 3.24. The zero-order valence-corrected chi connectivity index (χ0v) is 9.40. The number of nitro groups is 1. The predicted octanol–water partition coefficient (Wildman–Crippen LogP) is 1.29. The first-order valence-corrected chi connectivity index (χ1v) is 5.10. The lowest BCUT2D eigenvalue weighted by Crippen LogP contribution is -2.20. The molecular weight excluding hydrogens is 210 g/mol. The molecule has 1 heterocycles. The highest BCUT2D eigenvalue weighted by Gasteiger charge is 2.16. The normalized spacial score (nSPS) is 10.1. The summed E-state index contributed by atoms with van der Waals surface area (Å²) in [6.45, 7) is 5.59. The van der Waals surface area contributed by atoms with Gasteiger partial charge >= 0.3 is 5.69 Å². The molecule has 6 nitrogen and oxygen atoms in total. The van der Waals surface area contributed by atoms with Gasteiger partial charge in [-0.25, -0.2) is 4.98 Å². The van der Waals surface area contributed by atoms with Crippen LogP contribution in [0.5, 0.6) is 5.88 Å². The average Bonchev–Trinajstić information content (AvgIpc) is 2.24. The molecule has 0 bridgehead atoms. The molecule has 16 heavy (non-hydrogen) atoms. The molecule has 0 aliphatic rings. The standard InChI is InChI=1S/C10H15N3O3/c1-3-11-6-7-16-10-9(13(14)15)5-4-8(2)12-10/h4-5,11H,3,6-7H2,1-2H3. The summed E-state index contributed by atoms with van der Waals surface area (Å²) in [4.78, 5) is 14.2. The molecule has 1 aromatic heterocycles. The number of aromatic nitrogens is 1. The highest BCUT2D eigenvalue weighted by molar-refractivity contribution is 5.41. The third-order valence-electron chi connectivity index (χ3n) is 1.94. The van der Waals surface area contributed by atoms with E-state index >= 15 is 0 Å². The number of aryl methyl sites for hydroxylation is 1. The van der Waals surface area contributed by atoms with Gasteiger partial charge in [0.2, 0.25) is 0 Å². The molecule has 0 spiro atoms. The Morgan fingerprint density at radius 2 is 2.31 bits per heavy atom. The van der Waals surface area contributed by atoms with Crippen molar-refractivity contribution in [1.29, 1.82) is 0 Å². The fraction of sp³-hybridized carbons (Fsp3) is 0.500. The smallest absolute Gasteiger partial charge is 0.330 e. The first-order valence-electron chi connectivity index (χ1n) is 5.10. The number of ether oxygens (including phenoxy) is 1. The molecule has 0 aromatic carbocycles. The van der Waals surface area contributed by atoms with Crippen LogP contribution in [0, 0.1) is 17.0 Å². The summed E-state index contributed by atoms with van der Waals surface area (Å²) in [5.74, 6) is 0.0860. The molecule has 0 saturated heterocycles. The molecule has 1 N–H and O–H groups in total. The van der Waals surface area contributed by atoms with Crippen LogP contribution in [-0.2, 0) is 0 Å². The molecule has 0 unspecified atom stereocenters. The van der Waals surface area contributed by atoms with Crippen LogP contribution in [0.2, 0.25) is 0 Å². The fourth-order valence-corrected chi connectivity index (χ4v) is 1.17. The van der Waals surface area contributed by atoms with Crippen molar-refractivity contribution in [2.45, 2.75) is 13.8 Å². The predicted molar refractivity (Wildman–Crippen MR) is 59.7 cm³/mol. The molecule has 0 amide bonds. The van der Waals surface area contributed by atoms with E-state index in [9.17, 15) is 10.1 Å². The summed E-state index contributed by atoms with van der Waals surface area (Å²) < 4.78 is 5.27. The van der Waals surface area contributed by atoms with E-state index in [0.717, 1.165) is 6.54 Å². The van der Waals surface area contributed by atoms with E-state index < -0.39 is 4.92 Å². The van der Waals surface area contributed by atoms with Crippen molar-refractivity contribution in [1.82, 2.24) is 10.3 Å². The number of likely N-dealkylation sites (N-methyl/N-ethyl adjacent to an activating group) is 1. The summed E-state index contributed by atoms with van der Waals surface area (Å²) in [6, 6.07) is 3.00. The molecule has 0 atom stereocenters. The molecule has 0 fully saturated rings. The van der Waals surface area contributed by atoms with Gasteiger partial charge in [-0.2, -0.15) is 0 Å². The third-order valence-corrected chi connectivity index (χ3v) is 1.94. The summed E-state index contributed by atoms with van der Waals surface area (Å²) in [5.41, 5.74) is 0.603. The number of rotatable bonds is 6. The van der Waals surface area contributed by atoms with Gasteiger partial charge in [-0.05, 0) is 19.5 Å². The van der Waals surface area contributed by atoms with E-state index in [2.05, 4.69) is 10.3 Å². The lowest BCUT2D eigenvalue weighted by atomic mass is 10.3. The minimum Gasteiger partial charge on any atom is -0.471 e. The van der Waals surface area contributed by atoms with Crippen molar-refractivity contribution >= 4 is 5.69 Å². The molecule has 0 aliphatic heterocycles. The van der Waals surface area contributed by atoms with Gasteiger partial charge in [0, 0.05) is 18.3 Å². The summed E-state index contributed by atoms with van der Waals surface area (Å²) in [5, 5.41) is 13.8. The van der Waals surface area contributed by atoms with Crippen LogP contribution < -0.4 is 10.1 Å². The number of hydrogen-bond acceptors (Lipinski definition) is 5. The first kappa shape index (κ1) is 12.4. The Kier molecular flexibility index (Phi) is 4.65. The maximum Gasteiger partial charge on any atom is 0.330 e. The zero-order chi connectivity index (χ0) is 12.0. The highest BCUT2D eigenvalue weighted by Crippen LogP contribution is 2.23. The van der Waals surface area contributed by atoms with E-state index in [-0.39, 0.29) is 11.6 Å². The van der Waals surface area contributed by atoms with Crippen LogP contribution in [0.1, 0.15) is 12.6 Å². The zero-order valence-electron chi connectivity index (χ0n) is 9.40. The molecule has 1 aromatic rings. The fourth-order valence-electron chi connectivity index (χ4n) is 1.17. The molecule has 0 saturated carbocycles. The second-order valence-electron chi connectivity index (χ2n) is 3.24. The quantitative estimate of drug-likeness (QED) is 0.448. The highest BCUT2D eigenvalue weighted by atomic mass is 16.6. The van der Waals surface area contributed by atoms with Gasteiger partial charge in [0.15, 0.2) is 0 Å². The van der Waals surface area contributed by atoms with Crippen LogP contribution in [0.4, 0.5) is 5.69 Å². The monoisotopic (exact) mass is 225 g/mol. The maximum atomic E-state index is 10.7. The lowest BCUT2D eigenvalue weighted by Gasteiger charge is -2.06. The van der Waals surface area contributed by atoms with Gasteiger partial charge in [-0.3, -0.25) is 10.1 Å². The van der Waals surface area contributed by atoms with Crippen molar-refractivity contribution in [2.24, 2.45) is 0 Å². The van der Waals surface area contributed by atoms with Crippen LogP contribution in [0.3, 0.4) is 0 Å².